The van der Waals surface area contributed by atoms with Gasteiger partial charge >= 0.3 is 0 Å². The zero-order valence-corrected chi connectivity index (χ0v) is 10.7. The fourth-order valence-electron chi connectivity index (χ4n) is 1.72. The number of nitrogens with zero attached hydrogens (tertiary/aromatic N) is 2. The number of rotatable bonds is 1. The van der Waals surface area contributed by atoms with Crippen LogP contribution in [0, 0.1) is 6.92 Å². The van der Waals surface area contributed by atoms with Crippen molar-refractivity contribution >= 4 is 27.0 Å². The second-order valence-corrected chi connectivity index (χ2v) is 4.68. The first kappa shape index (κ1) is 10.5. The Morgan fingerprint density at radius 1 is 1.24 bits per heavy atom. The lowest BCUT2D eigenvalue weighted by atomic mass is 10.2. The lowest BCUT2D eigenvalue weighted by Crippen LogP contribution is -1.80. The van der Waals surface area contributed by atoms with Crippen molar-refractivity contribution in [3.63, 3.8) is 0 Å². The first-order valence-corrected chi connectivity index (χ1v) is 6.01. The molecule has 4 heteroatoms. The maximum atomic E-state index is 5.72. The van der Waals surface area contributed by atoms with E-state index in [1.165, 1.54) is 0 Å². The fourth-order valence-corrected chi connectivity index (χ4v) is 2.37. The molecule has 0 radical (unpaired) electrons. The lowest BCUT2D eigenvalue weighted by molar-refractivity contribution is 0.615. The van der Waals surface area contributed by atoms with E-state index < -0.39 is 0 Å². The molecule has 0 aliphatic rings. The number of fused-ring (bicyclic) bond motifs is 1. The van der Waals surface area contributed by atoms with E-state index in [9.17, 15) is 0 Å². The predicted octanol–water partition coefficient (Wildman–Crippen LogP) is 3.96. The van der Waals surface area contributed by atoms with Gasteiger partial charge in [0.05, 0.1) is 4.47 Å². The number of oxazole rings is 1. The maximum absolute atomic E-state index is 5.72. The summed E-state index contributed by atoms with van der Waals surface area (Å²) in [5, 5.41) is 0. The van der Waals surface area contributed by atoms with E-state index >= 15 is 0 Å². The molecule has 0 fully saturated rings. The summed E-state index contributed by atoms with van der Waals surface area (Å²) in [5.74, 6) is 0.548. The van der Waals surface area contributed by atoms with Crippen LogP contribution in [0.4, 0.5) is 0 Å². The van der Waals surface area contributed by atoms with Crippen molar-refractivity contribution in [2.24, 2.45) is 0 Å². The van der Waals surface area contributed by atoms with Crippen LogP contribution in [0.15, 0.2) is 45.4 Å². The Balaban J connectivity index is 2.24. The maximum Gasteiger partial charge on any atom is 0.246 e. The van der Waals surface area contributed by atoms with Crippen molar-refractivity contribution in [3.8, 4) is 11.6 Å². The molecule has 0 aliphatic carbocycles. The summed E-state index contributed by atoms with van der Waals surface area (Å²) >= 11 is 3.48. The van der Waals surface area contributed by atoms with E-state index in [0.717, 1.165) is 26.8 Å². The van der Waals surface area contributed by atoms with Gasteiger partial charge in [-0.05, 0) is 52.7 Å². The van der Waals surface area contributed by atoms with Crippen LogP contribution in [-0.2, 0) is 0 Å². The van der Waals surface area contributed by atoms with Crippen LogP contribution in [0.3, 0.4) is 0 Å². The molecule has 2 heterocycles. The number of hydrogen-bond acceptors (Lipinski definition) is 3. The topological polar surface area (TPSA) is 38.9 Å². The average Bonchev–Trinajstić information content (AvgIpc) is 2.74. The first-order chi connectivity index (χ1) is 8.24. The number of aryl methyl sites for hydroxylation is 1. The Morgan fingerprint density at radius 2 is 2.12 bits per heavy atom. The van der Waals surface area contributed by atoms with Gasteiger partial charge in [0.2, 0.25) is 5.89 Å². The van der Waals surface area contributed by atoms with Crippen molar-refractivity contribution in [1.82, 2.24) is 9.97 Å². The van der Waals surface area contributed by atoms with Crippen LogP contribution in [0.25, 0.3) is 22.7 Å². The number of hydrogen-bond donors (Lipinski definition) is 0. The van der Waals surface area contributed by atoms with Gasteiger partial charge in [0, 0.05) is 6.20 Å². The quantitative estimate of drug-likeness (QED) is 0.680. The summed E-state index contributed by atoms with van der Waals surface area (Å²) in [6, 6.07) is 9.67. The zero-order chi connectivity index (χ0) is 11.8. The third kappa shape index (κ3) is 1.85. The molecule has 0 aliphatic heterocycles. The van der Waals surface area contributed by atoms with Gasteiger partial charge in [-0.2, -0.15) is 0 Å². The molecule has 0 saturated heterocycles. The highest BCUT2D eigenvalue weighted by atomic mass is 79.9. The highest BCUT2D eigenvalue weighted by molar-refractivity contribution is 9.10. The van der Waals surface area contributed by atoms with Crippen LogP contribution in [-0.4, -0.2) is 9.97 Å². The molecule has 17 heavy (non-hydrogen) atoms. The number of halogens is 1. The van der Waals surface area contributed by atoms with Crippen LogP contribution in [0.1, 0.15) is 5.56 Å². The molecule has 2 aromatic heterocycles. The van der Waals surface area contributed by atoms with E-state index in [0.29, 0.717) is 5.89 Å². The molecule has 0 amide bonds. The lowest BCUT2D eigenvalue weighted by Gasteiger charge is -1.93. The number of aromatic nitrogens is 2. The van der Waals surface area contributed by atoms with Gasteiger partial charge in [0.1, 0.15) is 11.2 Å². The molecular weight excluding hydrogens is 280 g/mol. The van der Waals surface area contributed by atoms with Gasteiger partial charge in [0.25, 0.3) is 0 Å². The molecule has 0 unspecified atom stereocenters. The van der Waals surface area contributed by atoms with E-state index in [1.54, 1.807) is 6.20 Å². The summed E-state index contributed by atoms with van der Waals surface area (Å²) in [6.45, 7) is 2.03. The Morgan fingerprint density at radius 3 is 2.88 bits per heavy atom. The Hall–Kier alpha value is -1.68. The summed E-state index contributed by atoms with van der Waals surface area (Å²) in [4.78, 5) is 8.67. The van der Waals surface area contributed by atoms with Crippen molar-refractivity contribution in [2.75, 3.05) is 0 Å². The third-order valence-electron chi connectivity index (χ3n) is 2.47. The molecular formula is C13H9BrN2O. The van der Waals surface area contributed by atoms with Gasteiger partial charge in [-0.1, -0.05) is 6.07 Å². The summed E-state index contributed by atoms with van der Waals surface area (Å²) < 4.78 is 6.64. The fraction of sp³-hybridized carbons (Fsp3) is 0.0769. The average molecular weight is 289 g/mol. The molecule has 0 N–H and O–H groups in total. The highest BCUT2D eigenvalue weighted by Gasteiger charge is 2.11. The minimum absolute atomic E-state index is 0.548. The van der Waals surface area contributed by atoms with Gasteiger partial charge in [-0.3, -0.25) is 4.98 Å². The van der Waals surface area contributed by atoms with Crippen LogP contribution >= 0.6 is 15.9 Å². The third-order valence-corrected chi connectivity index (χ3v) is 3.06. The molecule has 84 valence electrons. The van der Waals surface area contributed by atoms with Gasteiger partial charge in [-0.25, -0.2) is 4.98 Å². The van der Waals surface area contributed by atoms with E-state index in [4.69, 9.17) is 4.42 Å². The Bertz CT molecular complexity index is 676. The smallest absolute Gasteiger partial charge is 0.246 e. The SMILES string of the molecule is Cc1cc(Br)c2oc(-c3ccccn3)nc2c1. The van der Waals surface area contributed by atoms with Crippen LogP contribution < -0.4 is 0 Å². The molecule has 0 atom stereocenters. The molecule has 1 aromatic carbocycles. The van der Waals surface area contributed by atoms with Crippen molar-refractivity contribution in [1.29, 1.82) is 0 Å². The van der Waals surface area contributed by atoms with E-state index in [-0.39, 0.29) is 0 Å². The summed E-state index contributed by atoms with van der Waals surface area (Å²) in [7, 11) is 0. The summed E-state index contributed by atoms with van der Waals surface area (Å²) in [6.07, 6.45) is 1.73. The van der Waals surface area contributed by atoms with Crippen molar-refractivity contribution < 1.29 is 4.42 Å². The minimum Gasteiger partial charge on any atom is -0.433 e. The van der Waals surface area contributed by atoms with Crippen molar-refractivity contribution in [2.45, 2.75) is 6.92 Å². The number of benzene rings is 1. The highest BCUT2D eigenvalue weighted by Crippen LogP contribution is 2.29. The molecule has 3 rings (SSSR count). The predicted molar refractivity (Wildman–Crippen MR) is 69.7 cm³/mol. The summed E-state index contributed by atoms with van der Waals surface area (Å²) in [5.41, 5.74) is 3.49. The molecule has 3 nitrogen and oxygen atoms in total. The van der Waals surface area contributed by atoms with Gasteiger partial charge in [0.15, 0.2) is 5.58 Å². The molecule has 0 spiro atoms. The molecule has 0 saturated carbocycles. The zero-order valence-electron chi connectivity index (χ0n) is 9.14. The number of pyridine rings is 1. The monoisotopic (exact) mass is 288 g/mol. The Kier molecular flexibility index (Phi) is 2.44. The second-order valence-electron chi connectivity index (χ2n) is 3.83. The van der Waals surface area contributed by atoms with Gasteiger partial charge in [-0.15, -0.1) is 0 Å². The second kappa shape index (κ2) is 3.96. The van der Waals surface area contributed by atoms with Crippen LogP contribution in [0.5, 0.6) is 0 Å². The molecule has 3 aromatic rings. The minimum atomic E-state index is 0.548. The van der Waals surface area contributed by atoms with Crippen molar-refractivity contribution in [3.05, 3.63) is 46.6 Å². The van der Waals surface area contributed by atoms with E-state index in [2.05, 4.69) is 25.9 Å². The van der Waals surface area contributed by atoms with Gasteiger partial charge < -0.3 is 4.42 Å². The van der Waals surface area contributed by atoms with Crippen LogP contribution in [0.2, 0.25) is 0 Å². The largest absolute Gasteiger partial charge is 0.433 e. The Labute approximate surface area is 107 Å². The van der Waals surface area contributed by atoms with E-state index in [1.807, 2.05) is 37.3 Å². The standard InChI is InChI=1S/C13H9BrN2O/c1-8-6-9(14)12-11(7-8)16-13(17-12)10-4-2-3-5-15-10/h2-7H,1H3. The molecule has 0 bridgehead atoms. The first-order valence-electron chi connectivity index (χ1n) is 5.22. The normalized spacial score (nSPS) is 10.9.